The topological polar surface area (TPSA) is 63.4 Å². The average Bonchev–Trinajstić information content (AvgIpc) is 2.37. The van der Waals surface area contributed by atoms with Crippen LogP contribution in [0.3, 0.4) is 0 Å². The van der Waals surface area contributed by atoms with Crippen molar-refractivity contribution in [2.75, 3.05) is 12.3 Å². The van der Waals surface area contributed by atoms with Gasteiger partial charge in [-0.1, -0.05) is 13.8 Å². The minimum atomic E-state index is -3.89. The molecule has 0 spiro atoms. The second kappa shape index (κ2) is 5.85. The first-order chi connectivity index (χ1) is 9.64. The van der Waals surface area contributed by atoms with Gasteiger partial charge in [-0.15, -0.1) is 0 Å². The molecule has 2 rings (SSSR count). The average molecular weight is 379 g/mol. The van der Waals surface area contributed by atoms with Crippen LogP contribution >= 0.6 is 15.9 Å². The lowest BCUT2D eigenvalue weighted by molar-refractivity contribution is 0.157. The van der Waals surface area contributed by atoms with Crippen molar-refractivity contribution in [2.45, 2.75) is 38.1 Å². The molecule has 1 aromatic carbocycles. The molecule has 0 radical (unpaired) electrons. The number of rotatable bonds is 2. The Bertz CT molecular complexity index is 651. The van der Waals surface area contributed by atoms with Gasteiger partial charge in [-0.3, -0.25) is 0 Å². The summed E-state index contributed by atoms with van der Waals surface area (Å²) in [6.45, 7) is 6.31. The minimum absolute atomic E-state index is 0.157. The molecule has 1 heterocycles. The maximum Gasteiger partial charge on any atom is 0.246 e. The molecule has 7 heteroatoms. The van der Waals surface area contributed by atoms with Crippen molar-refractivity contribution in [3.63, 3.8) is 0 Å². The van der Waals surface area contributed by atoms with Crippen LogP contribution in [0.25, 0.3) is 0 Å². The van der Waals surface area contributed by atoms with Crippen molar-refractivity contribution in [2.24, 2.45) is 11.8 Å². The largest absolute Gasteiger partial charge is 0.398 e. The van der Waals surface area contributed by atoms with Crippen LogP contribution in [0.4, 0.5) is 10.1 Å². The van der Waals surface area contributed by atoms with Gasteiger partial charge in [0.1, 0.15) is 10.7 Å². The summed E-state index contributed by atoms with van der Waals surface area (Å²) in [4.78, 5) is -0.351. The zero-order chi connectivity index (χ0) is 15.9. The third-order valence-electron chi connectivity index (χ3n) is 4.18. The summed E-state index contributed by atoms with van der Waals surface area (Å²) >= 11 is 3.10. The molecule has 118 valence electrons. The molecule has 4 nitrogen and oxygen atoms in total. The molecule has 1 aliphatic heterocycles. The number of piperidine rings is 1. The number of anilines is 1. The van der Waals surface area contributed by atoms with Gasteiger partial charge in [0.2, 0.25) is 10.0 Å². The van der Waals surface area contributed by atoms with E-state index in [4.69, 9.17) is 5.73 Å². The highest BCUT2D eigenvalue weighted by Crippen LogP contribution is 2.34. The van der Waals surface area contributed by atoms with Gasteiger partial charge in [0, 0.05) is 22.7 Å². The number of nitrogens with two attached hydrogens (primary N) is 1. The van der Waals surface area contributed by atoms with Crippen LogP contribution in [-0.4, -0.2) is 25.3 Å². The van der Waals surface area contributed by atoms with Crippen molar-refractivity contribution < 1.29 is 12.8 Å². The van der Waals surface area contributed by atoms with E-state index in [9.17, 15) is 12.8 Å². The van der Waals surface area contributed by atoms with Gasteiger partial charge in [0.15, 0.2) is 0 Å². The van der Waals surface area contributed by atoms with E-state index in [2.05, 4.69) is 15.9 Å². The van der Waals surface area contributed by atoms with E-state index < -0.39 is 15.8 Å². The molecular weight excluding hydrogens is 359 g/mol. The Morgan fingerprint density at radius 2 is 1.95 bits per heavy atom. The van der Waals surface area contributed by atoms with Crippen molar-refractivity contribution in [3.8, 4) is 0 Å². The lowest BCUT2D eigenvalue weighted by atomic mass is 9.88. The van der Waals surface area contributed by atoms with E-state index in [-0.39, 0.29) is 28.5 Å². The molecule has 0 saturated carbocycles. The number of nitrogen functional groups attached to an aromatic ring is 1. The molecule has 2 N–H and O–H groups in total. The minimum Gasteiger partial charge on any atom is -0.398 e. The summed E-state index contributed by atoms with van der Waals surface area (Å²) in [5.74, 6) is -0.296. The van der Waals surface area contributed by atoms with E-state index >= 15 is 0 Å². The number of hydrogen-bond donors (Lipinski definition) is 1. The molecular formula is C14H20BrFN2O2S. The normalized spacial score (nSPS) is 27.8. The highest BCUT2D eigenvalue weighted by atomic mass is 79.9. The molecule has 0 aliphatic carbocycles. The molecule has 0 amide bonds. The summed E-state index contributed by atoms with van der Waals surface area (Å²) in [5, 5.41) is 0. The Labute approximate surface area is 133 Å². The first-order valence-corrected chi connectivity index (χ1v) is 9.14. The number of halogens is 2. The fourth-order valence-electron chi connectivity index (χ4n) is 2.85. The predicted molar refractivity (Wildman–Crippen MR) is 84.8 cm³/mol. The summed E-state index contributed by atoms with van der Waals surface area (Å²) in [6.07, 6.45) is 0.970. The van der Waals surface area contributed by atoms with E-state index in [1.54, 1.807) is 0 Å². The Balaban J connectivity index is 2.49. The van der Waals surface area contributed by atoms with E-state index in [1.807, 2.05) is 20.8 Å². The Hall–Kier alpha value is -0.660. The summed E-state index contributed by atoms with van der Waals surface area (Å²) in [5.41, 5.74) is 5.92. The van der Waals surface area contributed by atoms with Crippen LogP contribution in [0.1, 0.15) is 27.2 Å². The number of sulfonamides is 1. The van der Waals surface area contributed by atoms with Crippen molar-refractivity contribution in [3.05, 3.63) is 22.4 Å². The first-order valence-electron chi connectivity index (χ1n) is 6.91. The molecule has 0 bridgehead atoms. The molecule has 0 aromatic heterocycles. The zero-order valence-corrected chi connectivity index (χ0v) is 14.7. The quantitative estimate of drug-likeness (QED) is 0.803. The third-order valence-corrected chi connectivity index (χ3v) is 6.84. The van der Waals surface area contributed by atoms with Gasteiger partial charge in [-0.05, 0) is 53.2 Å². The van der Waals surface area contributed by atoms with Gasteiger partial charge >= 0.3 is 0 Å². The van der Waals surface area contributed by atoms with Gasteiger partial charge in [-0.25, -0.2) is 12.8 Å². The SMILES string of the molecule is CC1CC(C)C(C)N(S(=O)(=O)c2cc(N)c(Br)cc2F)C1. The van der Waals surface area contributed by atoms with Crippen LogP contribution in [0.15, 0.2) is 21.5 Å². The highest BCUT2D eigenvalue weighted by Gasteiger charge is 2.38. The Kier molecular flexibility index (Phi) is 4.66. The second-order valence-corrected chi connectivity index (χ2v) is 8.65. The van der Waals surface area contributed by atoms with Crippen LogP contribution in [0, 0.1) is 17.7 Å². The van der Waals surface area contributed by atoms with Gasteiger partial charge < -0.3 is 5.73 Å². The molecule has 3 unspecified atom stereocenters. The fraction of sp³-hybridized carbons (Fsp3) is 0.571. The highest BCUT2D eigenvalue weighted by molar-refractivity contribution is 9.10. The lowest BCUT2D eigenvalue weighted by Crippen LogP contribution is -2.48. The number of hydrogen-bond acceptors (Lipinski definition) is 3. The molecule has 1 aromatic rings. The van der Waals surface area contributed by atoms with Crippen LogP contribution in [0.5, 0.6) is 0 Å². The van der Waals surface area contributed by atoms with Gasteiger partial charge in [0.05, 0.1) is 0 Å². The standard InChI is InChI=1S/C14H20BrFN2O2S/c1-8-4-9(2)10(3)18(7-8)21(19,20)14-6-13(17)11(15)5-12(14)16/h5-6,8-10H,4,7,17H2,1-3H3. The first kappa shape index (κ1) is 16.7. The monoisotopic (exact) mass is 378 g/mol. The number of benzene rings is 1. The van der Waals surface area contributed by atoms with E-state index in [1.165, 1.54) is 10.4 Å². The van der Waals surface area contributed by atoms with Crippen molar-refractivity contribution in [1.82, 2.24) is 4.31 Å². The summed E-state index contributed by atoms with van der Waals surface area (Å²) in [7, 11) is -3.89. The van der Waals surface area contributed by atoms with E-state index in [0.717, 1.165) is 12.5 Å². The molecule has 21 heavy (non-hydrogen) atoms. The molecule has 1 aliphatic rings. The smallest absolute Gasteiger partial charge is 0.246 e. The van der Waals surface area contributed by atoms with Crippen molar-refractivity contribution >= 4 is 31.6 Å². The third kappa shape index (κ3) is 3.10. The Morgan fingerprint density at radius 3 is 2.57 bits per heavy atom. The predicted octanol–water partition coefficient (Wildman–Crippen LogP) is 3.23. The molecule has 1 fully saturated rings. The lowest BCUT2D eigenvalue weighted by Gasteiger charge is -2.40. The summed E-state index contributed by atoms with van der Waals surface area (Å²) < 4.78 is 41.4. The Morgan fingerprint density at radius 1 is 1.33 bits per heavy atom. The van der Waals surface area contributed by atoms with Crippen molar-refractivity contribution in [1.29, 1.82) is 0 Å². The maximum atomic E-state index is 14.1. The van der Waals surface area contributed by atoms with Gasteiger partial charge in [0.25, 0.3) is 0 Å². The molecule has 3 atom stereocenters. The number of nitrogens with zero attached hydrogens (tertiary/aromatic N) is 1. The van der Waals surface area contributed by atoms with Gasteiger partial charge in [-0.2, -0.15) is 4.31 Å². The maximum absolute atomic E-state index is 14.1. The molecule has 1 saturated heterocycles. The zero-order valence-electron chi connectivity index (χ0n) is 12.3. The fourth-order valence-corrected chi connectivity index (χ4v) is 5.09. The van der Waals surface area contributed by atoms with Crippen LogP contribution < -0.4 is 5.73 Å². The summed E-state index contributed by atoms with van der Waals surface area (Å²) in [6, 6.07) is 2.13. The second-order valence-electron chi connectivity index (χ2n) is 5.94. The van der Waals surface area contributed by atoms with E-state index in [0.29, 0.717) is 11.0 Å². The van der Waals surface area contributed by atoms with Crippen LogP contribution in [-0.2, 0) is 10.0 Å². The van der Waals surface area contributed by atoms with Crippen LogP contribution in [0.2, 0.25) is 0 Å².